The molecule has 1 spiro atoms. The number of benzene rings is 1. The number of Topliss-reactive ketones (excluding diaryl/α,β-unsaturated/α-hetero) is 1. The van der Waals surface area contributed by atoms with Crippen molar-refractivity contribution in [1.82, 2.24) is 10.2 Å². The van der Waals surface area contributed by atoms with Gasteiger partial charge in [-0.15, -0.1) is 0 Å². The van der Waals surface area contributed by atoms with E-state index in [1.165, 1.54) is 24.2 Å². The third kappa shape index (κ3) is 2.42. The summed E-state index contributed by atoms with van der Waals surface area (Å²) in [5, 5.41) is 2.99. The summed E-state index contributed by atoms with van der Waals surface area (Å²) in [7, 11) is 0. The van der Waals surface area contributed by atoms with Crippen molar-refractivity contribution >= 4 is 17.7 Å². The van der Waals surface area contributed by atoms with Gasteiger partial charge in [0.25, 0.3) is 5.91 Å². The number of imide groups is 1. The highest BCUT2D eigenvalue weighted by Gasteiger charge is 2.58. The molecule has 0 unspecified atom stereocenters. The maximum atomic E-state index is 13.5. The fourth-order valence-electron chi connectivity index (χ4n) is 7.72. The van der Waals surface area contributed by atoms with E-state index < -0.39 is 11.6 Å². The first-order valence-electron chi connectivity index (χ1n) is 11.2. The zero-order chi connectivity index (χ0) is 19.8. The minimum Gasteiger partial charge on any atom is -0.319 e. The van der Waals surface area contributed by atoms with Crippen molar-refractivity contribution in [1.29, 1.82) is 0 Å². The Morgan fingerprint density at radius 3 is 2.38 bits per heavy atom. The van der Waals surface area contributed by atoms with Crippen molar-refractivity contribution in [3.05, 3.63) is 35.4 Å². The molecule has 7 rings (SSSR count). The highest BCUT2D eigenvalue weighted by atomic mass is 16.2. The third-order valence-corrected chi connectivity index (χ3v) is 8.58. The molecule has 1 aromatic carbocycles. The summed E-state index contributed by atoms with van der Waals surface area (Å²) in [6.07, 6.45) is 9.12. The van der Waals surface area contributed by atoms with Crippen LogP contribution >= 0.6 is 0 Å². The molecule has 0 aromatic heterocycles. The first kappa shape index (κ1) is 17.7. The summed E-state index contributed by atoms with van der Waals surface area (Å²) in [6.45, 7) is -0.0548. The van der Waals surface area contributed by atoms with Crippen LogP contribution in [0, 0.1) is 23.2 Å². The monoisotopic (exact) mass is 392 g/mol. The molecule has 3 amide bonds. The average molecular weight is 392 g/mol. The van der Waals surface area contributed by atoms with Crippen LogP contribution in [0.2, 0.25) is 0 Å². The van der Waals surface area contributed by atoms with Crippen LogP contribution in [0.15, 0.2) is 24.3 Å². The standard InChI is InChI=1S/C24H28N2O3/c27-20(23-11-15-8-16(12-23)10-17(9-15)13-23)14-26-21(28)24(25-22(26)29)7-3-5-18-4-1-2-6-19(18)24/h1-2,4,6,15-17H,3,5,7-14H2,(H,25,29)/t15?,16?,17?,23?,24-/m0/s1. The molecule has 5 fully saturated rings. The van der Waals surface area contributed by atoms with Gasteiger partial charge >= 0.3 is 6.03 Å². The highest BCUT2D eigenvalue weighted by molar-refractivity contribution is 6.10. The summed E-state index contributed by atoms with van der Waals surface area (Å²) in [5.41, 5.74) is 0.777. The number of ketones is 1. The van der Waals surface area contributed by atoms with Gasteiger partial charge in [0.1, 0.15) is 5.54 Å². The van der Waals surface area contributed by atoms with Crippen LogP contribution in [0.1, 0.15) is 62.5 Å². The van der Waals surface area contributed by atoms with Crippen LogP contribution in [0.3, 0.4) is 0 Å². The molecule has 1 heterocycles. The molecule has 5 nitrogen and oxygen atoms in total. The van der Waals surface area contributed by atoms with E-state index in [1.54, 1.807) is 0 Å². The topological polar surface area (TPSA) is 66.5 Å². The Morgan fingerprint density at radius 1 is 1.03 bits per heavy atom. The van der Waals surface area contributed by atoms with Gasteiger partial charge in [0.15, 0.2) is 5.78 Å². The van der Waals surface area contributed by atoms with Crippen molar-refractivity contribution in [2.45, 2.75) is 63.3 Å². The second-order valence-electron chi connectivity index (χ2n) is 10.4. The zero-order valence-electron chi connectivity index (χ0n) is 16.8. The smallest absolute Gasteiger partial charge is 0.319 e. The predicted molar refractivity (Wildman–Crippen MR) is 107 cm³/mol. The highest BCUT2D eigenvalue weighted by Crippen LogP contribution is 2.60. The number of fused-ring (bicyclic) bond motifs is 2. The van der Waals surface area contributed by atoms with Gasteiger partial charge in [-0.2, -0.15) is 0 Å². The molecular formula is C24H28N2O3. The minimum atomic E-state index is -0.978. The van der Waals surface area contributed by atoms with Gasteiger partial charge in [0.05, 0.1) is 6.54 Å². The van der Waals surface area contributed by atoms with Gasteiger partial charge < -0.3 is 5.32 Å². The number of nitrogens with zero attached hydrogens (tertiary/aromatic N) is 1. The van der Waals surface area contributed by atoms with E-state index in [2.05, 4.69) is 5.32 Å². The Kier molecular flexibility index (Phi) is 3.61. The summed E-state index contributed by atoms with van der Waals surface area (Å²) in [4.78, 5) is 41.1. The van der Waals surface area contributed by atoms with Crippen LogP contribution in [-0.4, -0.2) is 29.2 Å². The molecule has 1 aliphatic heterocycles. The first-order chi connectivity index (χ1) is 14.0. The normalized spacial score (nSPS) is 39.7. The van der Waals surface area contributed by atoms with Gasteiger partial charge in [0, 0.05) is 5.41 Å². The molecule has 0 radical (unpaired) electrons. The molecule has 1 N–H and O–H groups in total. The zero-order valence-corrected chi connectivity index (χ0v) is 16.8. The van der Waals surface area contributed by atoms with Gasteiger partial charge in [-0.05, 0) is 86.7 Å². The number of aryl methyl sites for hydroxylation is 1. The van der Waals surface area contributed by atoms with Gasteiger partial charge in [-0.25, -0.2) is 4.79 Å². The van der Waals surface area contributed by atoms with Crippen molar-refractivity contribution < 1.29 is 14.4 Å². The number of amides is 3. The van der Waals surface area contributed by atoms with Gasteiger partial charge in [-0.3, -0.25) is 14.5 Å². The number of urea groups is 1. The fourth-order valence-corrected chi connectivity index (χ4v) is 7.72. The van der Waals surface area contributed by atoms with Crippen molar-refractivity contribution in [2.24, 2.45) is 23.2 Å². The summed E-state index contributed by atoms with van der Waals surface area (Å²) < 4.78 is 0. The second kappa shape index (κ2) is 5.93. The van der Waals surface area contributed by atoms with Crippen LogP contribution in [0.4, 0.5) is 4.79 Å². The largest absolute Gasteiger partial charge is 0.325 e. The first-order valence-corrected chi connectivity index (χ1v) is 11.2. The number of rotatable bonds is 3. The molecular weight excluding hydrogens is 364 g/mol. The van der Waals surface area contributed by atoms with Gasteiger partial charge in [-0.1, -0.05) is 24.3 Å². The molecule has 4 saturated carbocycles. The lowest BCUT2D eigenvalue weighted by Crippen LogP contribution is -2.53. The maximum Gasteiger partial charge on any atom is 0.325 e. The number of hydrogen-bond acceptors (Lipinski definition) is 3. The maximum absolute atomic E-state index is 13.5. The predicted octanol–water partition coefficient (Wildman–Crippen LogP) is 3.56. The Labute approximate surface area is 171 Å². The van der Waals surface area contributed by atoms with Crippen molar-refractivity contribution in [2.75, 3.05) is 6.54 Å². The minimum absolute atomic E-state index is 0.0548. The van der Waals surface area contributed by atoms with Gasteiger partial charge in [0.2, 0.25) is 0 Å². The molecule has 6 aliphatic rings. The van der Waals surface area contributed by atoms with E-state index in [0.29, 0.717) is 24.2 Å². The number of carbonyl (C=O) groups is 3. The molecule has 5 heteroatoms. The van der Waals surface area contributed by atoms with Crippen molar-refractivity contribution in [3.8, 4) is 0 Å². The third-order valence-electron chi connectivity index (χ3n) is 8.58. The molecule has 1 atom stereocenters. The lowest BCUT2D eigenvalue weighted by Gasteiger charge is -2.56. The molecule has 4 bridgehead atoms. The lowest BCUT2D eigenvalue weighted by molar-refractivity contribution is -0.147. The Hall–Kier alpha value is -2.17. The fraction of sp³-hybridized carbons (Fsp3) is 0.625. The summed E-state index contributed by atoms with van der Waals surface area (Å²) in [5.74, 6) is 1.91. The Bertz CT molecular complexity index is 887. The van der Waals surface area contributed by atoms with Crippen LogP contribution < -0.4 is 5.32 Å². The van der Waals surface area contributed by atoms with E-state index in [4.69, 9.17) is 0 Å². The summed E-state index contributed by atoms with van der Waals surface area (Å²) in [6, 6.07) is 7.50. The molecule has 29 heavy (non-hydrogen) atoms. The van der Waals surface area contributed by atoms with Crippen LogP contribution in [-0.2, 0) is 21.5 Å². The Morgan fingerprint density at radius 2 is 1.69 bits per heavy atom. The number of hydrogen-bond donors (Lipinski definition) is 1. The number of nitrogens with one attached hydrogen (secondary N) is 1. The van der Waals surface area contributed by atoms with E-state index in [-0.39, 0.29) is 23.7 Å². The van der Waals surface area contributed by atoms with E-state index >= 15 is 0 Å². The van der Waals surface area contributed by atoms with E-state index in [9.17, 15) is 14.4 Å². The van der Waals surface area contributed by atoms with Crippen molar-refractivity contribution in [3.63, 3.8) is 0 Å². The van der Waals surface area contributed by atoms with Crippen LogP contribution in [0.25, 0.3) is 0 Å². The molecule has 1 aromatic rings. The molecule has 152 valence electrons. The molecule has 1 saturated heterocycles. The lowest BCUT2D eigenvalue weighted by atomic mass is 9.48. The average Bonchev–Trinajstić information content (AvgIpc) is 2.92. The van der Waals surface area contributed by atoms with E-state index in [1.807, 2.05) is 24.3 Å². The van der Waals surface area contributed by atoms with E-state index in [0.717, 1.165) is 43.2 Å². The SMILES string of the molecule is O=C1N[C@]2(CCCc3ccccc32)C(=O)N1CC(=O)C12CC3CC(CC(C3)C1)C2. The van der Waals surface area contributed by atoms with Crippen LogP contribution in [0.5, 0.6) is 0 Å². The molecule has 5 aliphatic carbocycles. The summed E-state index contributed by atoms with van der Waals surface area (Å²) >= 11 is 0. The number of carbonyl (C=O) groups excluding carboxylic acids is 3. The Balaban J connectivity index is 1.28. The quantitative estimate of drug-likeness (QED) is 0.800. The second-order valence-corrected chi connectivity index (χ2v) is 10.4.